The maximum atomic E-state index is 4.32. The number of hydrogen-bond donors (Lipinski definition) is 1. The highest BCUT2D eigenvalue weighted by molar-refractivity contribution is 9.11. The Hall–Kier alpha value is -0.810. The van der Waals surface area contributed by atoms with Crippen LogP contribution in [-0.2, 0) is 13.6 Å². The van der Waals surface area contributed by atoms with Crippen LogP contribution in [0.5, 0.6) is 0 Å². The first-order valence-electron chi connectivity index (χ1n) is 5.24. The quantitative estimate of drug-likeness (QED) is 0.902. The van der Waals surface area contributed by atoms with Gasteiger partial charge in [-0.25, -0.2) is 0 Å². The highest BCUT2D eigenvalue weighted by atomic mass is 79.9. The predicted octanol–water partition coefficient (Wildman–Crippen LogP) is 3.87. The van der Waals surface area contributed by atoms with Crippen molar-refractivity contribution in [1.82, 2.24) is 9.78 Å². The molecule has 3 nitrogen and oxygen atoms in total. The molecule has 1 N–H and O–H groups in total. The molecule has 2 aromatic rings. The van der Waals surface area contributed by atoms with Crippen LogP contribution in [0.3, 0.4) is 0 Å². The van der Waals surface area contributed by atoms with Gasteiger partial charge in [0.25, 0.3) is 0 Å². The van der Waals surface area contributed by atoms with Crippen LogP contribution in [0.25, 0.3) is 0 Å². The van der Waals surface area contributed by atoms with Crippen LogP contribution in [0.15, 0.2) is 33.2 Å². The topological polar surface area (TPSA) is 29.9 Å². The molecule has 0 radical (unpaired) electrons. The lowest BCUT2D eigenvalue weighted by Gasteiger charge is -2.08. The molecule has 0 atom stereocenters. The van der Waals surface area contributed by atoms with E-state index in [-0.39, 0.29) is 0 Å². The highest BCUT2D eigenvalue weighted by Crippen LogP contribution is 2.26. The van der Waals surface area contributed by atoms with Crippen LogP contribution in [0.4, 0.5) is 5.69 Å². The predicted molar refractivity (Wildman–Crippen MR) is 77.1 cm³/mol. The standard InChI is InChI=1S/C12H13Br2N3/c1-8-5-10(17(2)16-8)7-15-12-4-3-9(13)6-11(12)14/h3-6,15H,7H2,1-2H3. The Labute approximate surface area is 117 Å². The van der Waals surface area contributed by atoms with Crippen molar-refractivity contribution in [3.05, 3.63) is 44.6 Å². The maximum Gasteiger partial charge on any atom is 0.0597 e. The normalized spacial score (nSPS) is 10.6. The van der Waals surface area contributed by atoms with Crippen LogP contribution >= 0.6 is 31.9 Å². The van der Waals surface area contributed by atoms with Gasteiger partial charge in [-0.15, -0.1) is 0 Å². The molecule has 0 saturated carbocycles. The first-order valence-corrected chi connectivity index (χ1v) is 6.83. The second kappa shape index (κ2) is 5.23. The zero-order valence-corrected chi connectivity index (χ0v) is 12.8. The number of rotatable bonds is 3. The Kier molecular flexibility index (Phi) is 3.89. The number of benzene rings is 1. The van der Waals surface area contributed by atoms with Crippen molar-refractivity contribution >= 4 is 37.5 Å². The summed E-state index contributed by atoms with van der Waals surface area (Å²) in [6.45, 7) is 2.76. The average Bonchev–Trinajstić information content (AvgIpc) is 2.56. The van der Waals surface area contributed by atoms with Gasteiger partial charge in [0, 0.05) is 21.7 Å². The second-order valence-corrected chi connectivity index (χ2v) is 5.65. The molecule has 0 spiro atoms. The molecule has 0 fully saturated rings. The molecule has 0 amide bonds. The Bertz CT molecular complexity index is 535. The summed E-state index contributed by atoms with van der Waals surface area (Å²) in [4.78, 5) is 0. The van der Waals surface area contributed by atoms with Crippen molar-refractivity contribution in [2.45, 2.75) is 13.5 Å². The number of halogens is 2. The van der Waals surface area contributed by atoms with Gasteiger partial charge in [0.2, 0.25) is 0 Å². The lowest BCUT2D eigenvalue weighted by atomic mass is 10.3. The molecule has 5 heteroatoms. The minimum atomic E-state index is 0.761. The van der Waals surface area contributed by atoms with E-state index in [4.69, 9.17) is 0 Å². The van der Waals surface area contributed by atoms with E-state index in [1.165, 1.54) is 0 Å². The summed E-state index contributed by atoms with van der Waals surface area (Å²) < 4.78 is 4.01. The van der Waals surface area contributed by atoms with Crippen LogP contribution in [0.2, 0.25) is 0 Å². The smallest absolute Gasteiger partial charge is 0.0597 e. The molecule has 90 valence electrons. The molecule has 0 aliphatic carbocycles. The molecule has 2 rings (SSSR count). The van der Waals surface area contributed by atoms with E-state index in [1.54, 1.807) is 0 Å². The van der Waals surface area contributed by atoms with Crippen LogP contribution < -0.4 is 5.32 Å². The fourth-order valence-corrected chi connectivity index (χ4v) is 2.84. The number of anilines is 1. The molecule has 0 unspecified atom stereocenters. The van der Waals surface area contributed by atoms with Gasteiger partial charge in [-0.05, 0) is 47.1 Å². The van der Waals surface area contributed by atoms with Crippen molar-refractivity contribution in [2.75, 3.05) is 5.32 Å². The summed E-state index contributed by atoms with van der Waals surface area (Å²) in [5.74, 6) is 0. The van der Waals surface area contributed by atoms with E-state index >= 15 is 0 Å². The van der Waals surface area contributed by atoms with Gasteiger partial charge in [0.05, 0.1) is 17.9 Å². The molecule has 0 aliphatic rings. The Morgan fingerprint density at radius 1 is 1.29 bits per heavy atom. The van der Waals surface area contributed by atoms with E-state index in [9.17, 15) is 0 Å². The van der Waals surface area contributed by atoms with Gasteiger partial charge in [0.1, 0.15) is 0 Å². The minimum absolute atomic E-state index is 0.761. The van der Waals surface area contributed by atoms with E-state index in [1.807, 2.05) is 36.9 Å². The lowest BCUT2D eigenvalue weighted by molar-refractivity contribution is 0.713. The largest absolute Gasteiger partial charge is 0.378 e. The summed E-state index contributed by atoms with van der Waals surface area (Å²) >= 11 is 6.96. The summed E-state index contributed by atoms with van der Waals surface area (Å²) in [5.41, 5.74) is 3.28. The van der Waals surface area contributed by atoms with Crippen molar-refractivity contribution < 1.29 is 0 Å². The molecule has 1 aromatic carbocycles. The van der Waals surface area contributed by atoms with Crippen molar-refractivity contribution in [1.29, 1.82) is 0 Å². The highest BCUT2D eigenvalue weighted by Gasteiger charge is 2.04. The van der Waals surface area contributed by atoms with Crippen molar-refractivity contribution in [2.24, 2.45) is 7.05 Å². The monoisotopic (exact) mass is 357 g/mol. The van der Waals surface area contributed by atoms with E-state index in [2.05, 4.69) is 48.3 Å². The van der Waals surface area contributed by atoms with Gasteiger partial charge >= 0.3 is 0 Å². The average molecular weight is 359 g/mol. The summed E-state index contributed by atoms with van der Waals surface area (Å²) in [6.07, 6.45) is 0. The van der Waals surface area contributed by atoms with Gasteiger partial charge in [-0.1, -0.05) is 15.9 Å². The lowest BCUT2D eigenvalue weighted by Crippen LogP contribution is -2.05. The van der Waals surface area contributed by atoms with E-state index < -0.39 is 0 Å². The first-order chi connectivity index (χ1) is 8.06. The number of nitrogens with one attached hydrogen (secondary N) is 1. The van der Waals surface area contributed by atoms with Crippen LogP contribution in [0.1, 0.15) is 11.4 Å². The molecular weight excluding hydrogens is 346 g/mol. The van der Waals surface area contributed by atoms with Gasteiger partial charge in [-0.2, -0.15) is 5.10 Å². The summed E-state index contributed by atoms with van der Waals surface area (Å²) in [5, 5.41) is 7.70. The number of hydrogen-bond acceptors (Lipinski definition) is 2. The molecule has 0 aliphatic heterocycles. The van der Waals surface area contributed by atoms with Gasteiger partial charge in [0.15, 0.2) is 0 Å². The minimum Gasteiger partial charge on any atom is -0.378 e. The Morgan fingerprint density at radius 2 is 2.06 bits per heavy atom. The Morgan fingerprint density at radius 3 is 2.65 bits per heavy atom. The Balaban J connectivity index is 2.10. The first kappa shape index (κ1) is 12.6. The molecule has 17 heavy (non-hydrogen) atoms. The molecule has 0 bridgehead atoms. The fourth-order valence-electron chi connectivity index (χ4n) is 1.65. The zero-order valence-electron chi connectivity index (χ0n) is 9.67. The number of nitrogens with zero attached hydrogens (tertiary/aromatic N) is 2. The third-order valence-corrected chi connectivity index (χ3v) is 3.64. The fraction of sp³-hybridized carbons (Fsp3) is 0.250. The van der Waals surface area contributed by atoms with Crippen LogP contribution in [-0.4, -0.2) is 9.78 Å². The van der Waals surface area contributed by atoms with Gasteiger partial charge in [-0.3, -0.25) is 4.68 Å². The van der Waals surface area contributed by atoms with E-state index in [0.29, 0.717) is 0 Å². The summed E-state index contributed by atoms with van der Waals surface area (Å²) in [7, 11) is 1.96. The summed E-state index contributed by atoms with van der Waals surface area (Å²) in [6, 6.07) is 8.16. The third kappa shape index (κ3) is 3.10. The number of aryl methyl sites for hydroxylation is 2. The van der Waals surface area contributed by atoms with Gasteiger partial charge < -0.3 is 5.32 Å². The SMILES string of the molecule is Cc1cc(CNc2ccc(Br)cc2Br)n(C)n1. The molecule has 1 heterocycles. The van der Waals surface area contributed by atoms with Crippen LogP contribution in [0, 0.1) is 6.92 Å². The molecular formula is C12H13Br2N3. The van der Waals surface area contributed by atoms with E-state index in [0.717, 1.165) is 32.6 Å². The molecule has 1 aromatic heterocycles. The number of aromatic nitrogens is 2. The second-order valence-electron chi connectivity index (χ2n) is 3.88. The zero-order chi connectivity index (χ0) is 12.4. The van der Waals surface area contributed by atoms with Crippen molar-refractivity contribution in [3.63, 3.8) is 0 Å². The third-order valence-electron chi connectivity index (χ3n) is 2.49. The molecule has 0 saturated heterocycles. The van der Waals surface area contributed by atoms with Crippen molar-refractivity contribution in [3.8, 4) is 0 Å². The maximum absolute atomic E-state index is 4.32.